The molecule has 2 rings (SSSR count). The van der Waals surface area contributed by atoms with Gasteiger partial charge in [-0.25, -0.2) is 4.79 Å². The molecule has 0 atom stereocenters. The Balaban J connectivity index is 2.47. The lowest BCUT2D eigenvalue weighted by Crippen LogP contribution is -2.14. The molecule has 0 N–H and O–H groups in total. The van der Waals surface area contributed by atoms with Crippen molar-refractivity contribution in [3.05, 3.63) is 24.7 Å². The predicted molar refractivity (Wildman–Crippen MR) is 49.9 cm³/mol. The summed E-state index contributed by atoms with van der Waals surface area (Å²) in [4.78, 5) is 15.3. The highest BCUT2D eigenvalue weighted by molar-refractivity contribution is 5.86. The number of aromatic nitrogens is 3. The van der Waals surface area contributed by atoms with E-state index in [1.807, 2.05) is 0 Å². The van der Waals surface area contributed by atoms with Gasteiger partial charge in [0, 0.05) is 17.8 Å². The van der Waals surface area contributed by atoms with Crippen molar-refractivity contribution in [1.82, 2.24) is 14.8 Å². The van der Waals surface area contributed by atoms with Gasteiger partial charge in [-0.1, -0.05) is 0 Å². The van der Waals surface area contributed by atoms with E-state index >= 15 is 0 Å². The fourth-order valence-corrected chi connectivity index (χ4v) is 1.20. The summed E-state index contributed by atoms with van der Waals surface area (Å²) in [6.07, 6.45) is 4.38. The zero-order valence-electron chi connectivity index (χ0n) is 7.67. The number of pyridine rings is 1. The SMILES string of the molecule is CCOC(=O)n1ncc2cnccc21. The van der Waals surface area contributed by atoms with E-state index in [-0.39, 0.29) is 0 Å². The van der Waals surface area contributed by atoms with E-state index in [0.29, 0.717) is 12.1 Å². The molecule has 0 amide bonds. The molecule has 72 valence electrons. The first-order valence-corrected chi connectivity index (χ1v) is 4.28. The first-order chi connectivity index (χ1) is 6.83. The van der Waals surface area contributed by atoms with E-state index in [1.54, 1.807) is 31.6 Å². The Morgan fingerprint density at radius 2 is 2.43 bits per heavy atom. The third-order valence-electron chi connectivity index (χ3n) is 1.81. The summed E-state index contributed by atoms with van der Waals surface area (Å²) in [5.41, 5.74) is 0.707. The average Bonchev–Trinajstić information content (AvgIpc) is 2.61. The maximum absolute atomic E-state index is 11.4. The van der Waals surface area contributed by atoms with Crippen molar-refractivity contribution in [2.75, 3.05) is 6.61 Å². The highest BCUT2D eigenvalue weighted by Crippen LogP contribution is 2.10. The van der Waals surface area contributed by atoms with Crippen LogP contribution in [-0.4, -0.2) is 27.5 Å². The topological polar surface area (TPSA) is 57.0 Å². The van der Waals surface area contributed by atoms with Gasteiger partial charge in [0.15, 0.2) is 0 Å². The summed E-state index contributed by atoms with van der Waals surface area (Å²) in [5.74, 6) is 0. The van der Waals surface area contributed by atoms with Crippen LogP contribution in [0.4, 0.5) is 4.79 Å². The first-order valence-electron chi connectivity index (χ1n) is 4.28. The molecule has 0 unspecified atom stereocenters. The summed E-state index contributed by atoms with van der Waals surface area (Å²) in [6.45, 7) is 2.09. The average molecular weight is 191 g/mol. The third kappa shape index (κ3) is 1.32. The lowest BCUT2D eigenvalue weighted by Gasteiger charge is -2.01. The van der Waals surface area contributed by atoms with Gasteiger partial charge in [0.05, 0.1) is 18.3 Å². The Morgan fingerprint density at radius 1 is 1.57 bits per heavy atom. The van der Waals surface area contributed by atoms with Crippen molar-refractivity contribution in [3.63, 3.8) is 0 Å². The molecular formula is C9H9N3O2. The second-order valence-corrected chi connectivity index (χ2v) is 2.69. The third-order valence-corrected chi connectivity index (χ3v) is 1.81. The second kappa shape index (κ2) is 3.45. The van der Waals surface area contributed by atoms with Crippen LogP contribution in [0.3, 0.4) is 0 Å². The second-order valence-electron chi connectivity index (χ2n) is 2.69. The molecule has 0 aliphatic carbocycles. The van der Waals surface area contributed by atoms with Gasteiger partial charge in [0.1, 0.15) is 0 Å². The molecule has 0 aromatic carbocycles. The van der Waals surface area contributed by atoms with Crippen molar-refractivity contribution < 1.29 is 9.53 Å². The molecule has 0 aliphatic heterocycles. The van der Waals surface area contributed by atoms with Crippen LogP contribution in [0.25, 0.3) is 10.9 Å². The fraction of sp³-hybridized carbons (Fsp3) is 0.222. The van der Waals surface area contributed by atoms with E-state index in [9.17, 15) is 4.79 Å². The Labute approximate surface area is 80.3 Å². The number of carbonyl (C=O) groups excluding carboxylic acids is 1. The van der Waals surface area contributed by atoms with Crippen molar-refractivity contribution in [2.45, 2.75) is 6.92 Å². The van der Waals surface area contributed by atoms with Gasteiger partial charge >= 0.3 is 6.09 Å². The summed E-state index contributed by atoms with van der Waals surface area (Å²) in [7, 11) is 0. The maximum atomic E-state index is 11.4. The van der Waals surface area contributed by atoms with Crippen LogP contribution in [0.15, 0.2) is 24.7 Å². The Bertz CT molecular complexity index is 464. The molecule has 14 heavy (non-hydrogen) atoms. The first kappa shape index (κ1) is 8.68. The number of hydrogen-bond acceptors (Lipinski definition) is 4. The van der Waals surface area contributed by atoms with Gasteiger partial charge in [-0.2, -0.15) is 9.78 Å². The molecular weight excluding hydrogens is 182 g/mol. The van der Waals surface area contributed by atoms with Crippen LogP contribution in [-0.2, 0) is 4.74 Å². The van der Waals surface area contributed by atoms with Crippen molar-refractivity contribution in [1.29, 1.82) is 0 Å². The molecule has 0 fully saturated rings. The van der Waals surface area contributed by atoms with Crippen LogP contribution in [0, 0.1) is 0 Å². The van der Waals surface area contributed by atoms with Crippen LogP contribution in [0.2, 0.25) is 0 Å². The lowest BCUT2D eigenvalue weighted by molar-refractivity contribution is 0.151. The smallest absolute Gasteiger partial charge is 0.435 e. The molecule has 5 nitrogen and oxygen atoms in total. The van der Waals surface area contributed by atoms with Gasteiger partial charge < -0.3 is 4.74 Å². The van der Waals surface area contributed by atoms with Gasteiger partial charge in [-0.05, 0) is 13.0 Å². The van der Waals surface area contributed by atoms with E-state index in [4.69, 9.17) is 4.74 Å². The number of carbonyl (C=O) groups is 1. The van der Waals surface area contributed by atoms with Gasteiger partial charge in [0.25, 0.3) is 0 Å². The van der Waals surface area contributed by atoms with Gasteiger partial charge in [-0.3, -0.25) is 4.98 Å². The molecule has 0 radical (unpaired) electrons. The van der Waals surface area contributed by atoms with Crippen LogP contribution < -0.4 is 0 Å². The van der Waals surface area contributed by atoms with Crippen LogP contribution >= 0.6 is 0 Å². The minimum Gasteiger partial charge on any atom is -0.448 e. The quantitative estimate of drug-likeness (QED) is 0.684. The van der Waals surface area contributed by atoms with Crippen molar-refractivity contribution in [2.24, 2.45) is 0 Å². The monoisotopic (exact) mass is 191 g/mol. The van der Waals surface area contributed by atoms with Gasteiger partial charge in [0.2, 0.25) is 0 Å². The molecule has 2 heterocycles. The zero-order chi connectivity index (χ0) is 9.97. The molecule has 2 aromatic rings. The minimum atomic E-state index is -0.464. The largest absolute Gasteiger partial charge is 0.448 e. The molecule has 5 heteroatoms. The van der Waals surface area contributed by atoms with E-state index in [1.165, 1.54) is 4.68 Å². The molecule has 0 aliphatic rings. The van der Waals surface area contributed by atoms with Gasteiger partial charge in [-0.15, -0.1) is 0 Å². The standard InChI is InChI=1S/C9H9N3O2/c1-2-14-9(13)12-8-3-4-10-5-7(8)6-11-12/h3-6H,2H2,1H3. The highest BCUT2D eigenvalue weighted by atomic mass is 16.5. The summed E-state index contributed by atoms with van der Waals surface area (Å²) in [5, 5.41) is 4.74. The van der Waals surface area contributed by atoms with E-state index < -0.39 is 6.09 Å². The highest BCUT2D eigenvalue weighted by Gasteiger charge is 2.09. The van der Waals surface area contributed by atoms with Crippen molar-refractivity contribution >= 4 is 17.0 Å². The van der Waals surface area contributed by atoms with Crippen LogP contribution in [0.1, 0.15) is 6.92 Å². The summed E-state index contributed by atoms with van der Waals surface area (Å²) >= 11 is 0. The maximum Gasteiger partial charge on any atom is 0.435 e. The van der Waals surface area contributed by atoms with Crippen molar-refractivity contribution in [3.8, 4) is 0 Å². The molecule has 0 saturated heterocycles. The number of fused-ring (bicyclic) bond motifs is 1. The molecule has 0 bridgehead atoms. The van der Waals surface area contributed by atoms with E-state index in [2.05, 4.69) is 10.1 Å². The fourth-order valence-electron chi connectivity index (χ4n) is 1.20. The zero-order valence-corrected chi connectivity index (χ0v) is 7.67. The lowest BCUT2D eigenvalue weighted by atomic mass is 10.3. The summed E-state index contributed by atoms with van der Waals surface area (Å²) in [6, 6.07) is 1.72. The molecule has 0 saturated carbocycles. The number of nitrogens with zero attached hydrogens (tertiary/aromatic N) is 3. The Morgan fingerprint density at radius 3 is 3.21 bits per heavy atom. The Hall–Kier alpha value is -1.91. The Kier molecular flexibility index (Phi) is 2.14. The normalized spacial score (nSPS) is 10.4. The molecule has 2 aromatic heterocycles. The van der Waals surface area contributed by atoms with E-state index in [0.717, 1.165) is 5.39 Å². The number of hydrogen-bond donors (Lipinski definition) is 0. The minimum absolute atomic E-state index is 0.339. The number of rotatable bonds is 1. The number of ether oxygens (including phenoxy) is 1. The predicted octanol–water partition coefficient (Wildman–Crippen LogP) is 1.44. The van der Waals surface area contributed by atoms with Crippen LogP contribution in [0.5, 0.6) is 0 Å². The summed E-state index contributed by atoms with van der Waals surface area (Å²) < 4.78 is 6.06. The molecule has 0 spiro atoms.